The van der Waals surface area contributed by atoms with Crippen LogP contribution in [0.3, 0.4) is 0 Å². The third-order valence-electron chi connectivity index (χ3n) is 4.36. The minimum Gasteiger partial charge on any atom is -0.507 e. The molecule has 0 saturated carbocycles. The number of hydrogen-bond donors (Lipinski definition) is 1. The largest absolute Gasteiger partial charge is 0.507 e. The minimum absolute atomic E-state index is 0.0597. The highest BCUT2D eigenvalue weighted by Crippen LogP contribution is 2.34. The van der Waals surface area contributed by atoms with Crippen LogP contribution in [0.15, 0.2) is 42.5 Å². The first-order chi connectivity index (χ1) is 11.7. The van der Waals surface area contributed by atoms with Crippen molar-refractivity contribution in [3.8, 4) is 17.2 Å². The van der Waals surface area contributed by atoms with E-state index in [1.807, 2.05) is 24.3 Å². The van der Waals surface area contributed by atoms with Crippen molar-refractivity contribution in [2.75, 3.05) is 25.2 Å². The molecule has 1 N–H and O–H groups in total. The van der Waals surface area contributed by atoms with Gasteiger partial charge in [-0.05, 0) is 37.1 Å². The molecule has 1 aliphatic heterocycles. The Morgan fingerprint density at radius 3 is 2.79 bits per heavy atom. The lowest BCUT2D eigenvalue weighted by Crippen LogP contribution is -2.34. The van der Waals surface area contributed by atoms with Gasteiger partial charge >= 0.3 is 0 Å². The number of hydrogen-bond acceptors (Lipinski definition) is 5. The number of carbonyl (C=O) groups is 1. The van der Waals surface area contributed by atoms with Gasteiger partial charge in [-0.1, -0.05) is 18.2 Å². The lowest BCUT2D eigenvalue weighted by atomic mass is 10.2. The van der Waals surface area contributed by atoms with E-state index < -0.39 is 0 Å². The normalized spacial score (nSPS) is 16.9. The van der Waals surface area contributed by atoms with Crippen molar-refractivity contribution < 1.29 is 19.4 Å². The van der Waals surface area contributed by atoms with Crippen LogP contribution in [0.1, 0.15) is 23.2 Å². The molecule has 1 fully saturated rings. The third kappa shape index (κ3) is 3.15. The fraction of sp³-hybridized carbons (Fsp3) is 0.316. The zero-order valence-corrected chi connectivity index (χ0v) is 13.6. The summed E-state index contributed by atoms with van der Waals surface area (Å²) < 4.78 is 11.3. The SMILES string of the molecule is COc1ccccc1N1CCC[C@H]1COc1cccc(O)c1C=O. The molecule has 0 aromatic heterocycles. The smallest absolute Gasteiger partial charge is 0.157 e. The Morgan fingerprint density at radius 1 is 1.21 bits per heavy atom. The number of methoxy groups -OCH3 is 1. The maximum absolute atomic E-state index is 11.1. The van der Waals surface area contributed by atoms with Crippen LogP contribution < -0.4 is 14.4 Å². The number of phenols is 1. The number of anilines is 1. The van der Waals surface area contributed by atoms with Gasteiger partial charge in [0, 0.05) is 6.54 Å². The van der Waals surface area contributed by atoms with Crippen LogP contribution in [0, 0.1) is 0 Å². The van der Waals surface area contributed by atoms with Crippen LogP contribution in [0.4, 0.5) is 5.69 Å². The zero-order chi connectivity index (χ0) is 16.9. The van der Waals surface area contributed by atoms with Gasteiger partial charge in [0.05, 0.1) is 24.4 Å². The number of aromatic hydroxyl groups is 1. The number of nitrogens with zero attached hydrogens (tertiary/aromatic N) is 1. The van der Waals surface area contributed by atoms with Crippen molar-refractivity contribution in [3.63, 3.8) is 0 Å². The van der Waals surface area contributed by atoms with E-state index >= 15 is 0 Å². The molecule has 1 aliphatic rings. The zero-order valence-electron chi connectivity index (χ0n) is 13.6. The number of phenolic OH excluding ortho intramolecular Hbond substituents is 1. The Morgan fingerprint density at radius 2 is 2.00 bits per heavy atom. The number of aldehydes is 1. The first kappa shape index (κ1) is 16.2. The molecule has 0 radical (unpaired) electrons. The number of ether oxygens (including phenoxy) is 2. The van der Waals surface area contributed by atoms with E-state index in [4.69, 9.17) is 9.47 Å². The molecule has 1 atom stereocenters. The highest BCUT2D eigenvalue weighted by Gasteiger charge is 2.27. The Bertz CT molecular complexity index is 716. The van der Waals surface area contributed by atoms with Crippen LogP contribution in [0.2, 0.25) is 0 Å². The van der Waals surface area contributed by atoms with Crippen LogP contribution in [0.5, 0.6) is 17.2 Å². The van der Waals surface area contributed by atoms with Crippen molar-refractivity contribution >= 4 is 12.0 Å². The molecule has 5 heteroatoms. The first-order valence-corrected chi connectivity index (χ1v) is 8.04. The monoisotopic (exact) mass is 327 g/mol. The summed E-state index contributed by atoms with van der Waals surface area (Å²) in [5.74, 6) is 1.20. The number of carbonyl (C=O) groups excluding carboxylic acids is 1. The van der Waals surface area contributed by atoms with E-state index in [1.165, 1.54) is 6.07 Å². The molecule has 0 amide bonds. The summed E-state index contributed by atoms with van der Waals surface area (Å²) in [6, 6.07) is 13.0. The molecular formula is C19H21NO4. The van der Waals surface area contributed by atoms with Gasteiger partial charge in [0.15, 0.2) is 6.29 Å². The molecule has 0 aliphatic carbocycles. The Balaban J connectivity index is 1.75. The fourth-order valence-electron chi connectivity index (χ4n) is 3.16. The van der Waals surface area contributed by atoms with E-state index in [1.54, 1.807) is 19.2 Å². The summed E-state index contributed by atoms with van der Waals surface area (Å²) >= 11 is 0. The molecule has 126 valence electrons. The summed E-state index contributed by atoms with van der Waals surface area (Å²) in [6.45, 7) is 1.39. The van der Waals surface area contributed by atoms with Crippen molar-refractivity contribution in [1.82, 2.24) is 0 Å². The first-order valence-electron chi connectivity index (χ1n) is 8.04. The Labute approximate surface area is 141 Å². The Hall–Kier alpha value is -2.69. The molecule has 0 bridgehead atoms. The van der Waals surface area contributed by atoms with Crippen LogP contribution in [-0.2, 0) is 0 Å². The maximum Gasteiger partial charge on any atom is 0.157 e. The molecule has 3 rings (SSSR count). The highest BCUT2D eigenvalue weighted by molar-refractivity contribution is 5.83. The summed E-state index contributed by atoms with van der Waals surface area (Å²) in [4.78, 5) is 13.4. The summed E-state index contributed by atoms with van der Waals surface area (Å²) in [5, 5.41) is 9.74. The summed E-state index contributed by atoms with van der Waals surface area (Å²) in [5.41, 5.74) is 1.25. The van der Waals surface area contributed by atoms with Crippen LogP contribution in [-0.4, -0.2) is 37.7 Å². The van der Waals surface area contributed by atoms with Gasteiger partial charge in [-0.2, -0.15) is 0 Å². The summed E-state index contributed by atoms with van der Waals surface area (Å²) in [7, 11) is 1.67. The van der Waals surface area contributed by atoms with Crippen molar-refractivity contribution in [2.24, 2.45) is 0 Å². The predicted octanol–water partition coefficient (Wildman–Crippen LogP) is 3.26. The van der Waals surface area contributed by atoms with Gasteiger partial charge < -0.3 is 19.5 Å². The van der Waals surface area contributed by atoms with Gasteiger partial charge in [0.1, 0.15) is 23.9 Å². The van der Waals surface area contributed by atoms with Gasteiger partial charge in [-0.25, -0.2) is 0 Å². The van der Waals surface area contributed by atoms with E-state index in [0.717, 1.165) is 30.8 Å². The quantitative estimate of drug-likeness (QED) is 0.825. The molecule has 24 heavy (non-hydrogen) atoms. The van der Waals surface area contributed by atoms with Gasteiger partial charge in [-0.3, -0.25) is 4.79 Å². The van der Waals surface area contributed by atoms with Crippen LogP contribution in [0.25, 0.3) is 0 Å². The van der Waals surface area contributed by atoms with Crippen molar-refractivity contribution in [1.29, 1.82) is 0 Å². The molecule has 1 saturated heterocycles. The van der Waals surface area contributed by atoms with Crippen molar-refractivity contribution in [3.05, 3.63) is 48.0 Å². The molecule has 5 nitrogen and oxygen atoms in total. The molecular weight excluding hydrogens is 306 g/mol. The summed E-state index contributed by atoms with van der Waals surface area (Å²) in [6.07, 6.45) is 2.71. The van der Waals surface area contributed by atoms with E-state index in [2.05, 4.69) is 4.90 Å². The number of rotatable bonds is 6. The number of benzene rings is 2. The number of para-hydroxylation sites is 2. The minimum atomic E-state index is -0.0597. The van der Waals surface area contributed by atoms with E-state index in [0.29, 0.717) is 18.6 Å². The molecule has 0 unspecified atom stereocenters. The van der Waals surface area contributed by atoms with Crippen LogP contribution >= 0.6 is 0 Å². The third-order valence-corrected chi connectivity index (χ3v) is 4.36. The second-order valence-electron chi connectivity index (χ2n) is 5.78. The van der Waals surface area contributed by atoms with Gasteiger partial charge in [0.2, 0.25) is 0 Å². The molecule has 2 aromatic rings. The standard InChI is InChI=1S/C19H21NO4/c1-23-19-9-3-2-7-16(19)20-11-5-6-14(20)13-24-18-10-4-8-17(22)15(18)12-21/h2-4,7-10,12,14,22H,5-6,11,13H2,1H3/t14-/m0/s1. The second kappa shape index (κ2) is 7.25. The van der Waals surface area contributed by atoms with Gasteiger partial charge in [0.25, 0.3) is 0 Å². The lowest BCUT2D eigenvalue weighted by Gasteiger charge is -2.28. The topological polar surface area (TPSA) is 59.0 Å². The maximum atomic E-state index is 11.1. The fourth-order valence-corrected chi connectivity index (χ4v) is 3.16. The second-order valence-corrected chi connectivity index (χ2v) is 5.78. The van der Waals surface area contributed by atoms with E-state index in [9.17, 15) is 9.90 Å². The average Bonchev–Trinajstić information content (AvgIpc) is 3.08. The molecule has 0 spiro atoms. The van der Waals surface area contributed by atoms with Gasteiger partial charge in [-0.15, -0.1) is 0 Å². The molecule has 2 aromatic carbocycles. The average molecular weight is 327 g/mol. The van der Waals surface area contributed by atoms with E-state index in [-0.39, 0.29) is 17.4 Å². The molecule has 1 heterocycles. The lowest BCUT2D eigenvalue weighted by molar-refractivity contribution is 0.111. The van der Waals surface area contributed by atoms with Crippen molar-refractivity contribution in [2.45, 2.75) is 18.9 Å². The Kier molecular flexibility index (Phi) is 4.89. The highest BCUT2D eigenvalue weighted by atomic mass is 16.5. The predicted molar refractivity (Wildman–Crippen MR) is 92.4 cm³/mol.